The molecule has 174 valence electrons. The number of amides is 4. The van der Waals surface area contributed by atoms with Gasteiger partial charge in [0.2, 0.25) is 15.9 Å². The third-order valence-corrected chi connectivity index (χ3v) is 8.13. The third-order valence-electron chi connectivity index (χ3n) is 5.96. The number of benzene rings is 2. The van der Waals surface area contributed by atoms with Crippen LogP contribution >= 0.6 is 11.6 Å². The molecule has 2 heterocycles. The van der Waals surface area contributed by atoms with Crippen molar-refractivity contribution in [2.24, 2.45) is 0 Å². The van der Waals surface area contributed by atoms with Gasteiger partial charge in [0.25, 0.3) is 5.91 Å². The van der Waals surface area contributed by atoms with Crippen molar-refractivity contribution in [2.45, 2.75) is 17.4 Å². The van der Waals surface area contributed by atoms with E-state index in [-0.39, 0.29) is 31.1 Å². The van der Waals surface area contributed by atoms with Crippen LogP contribution in [0.1, 0.15) is 12.5 Å². The van der Waals surface area contributed by atoms with Crippen molar-refractivity contribution < 1.29 is 22.8 Å². The first-order valence-electron chi connectivity index (χ1n) is 10.4. The van der Waals surface area contributed by atoms with Crippen LogP contribution in [0.2, 0.25) is 5.02 Å². The van der Waals surface area contributed by atoms with Crippen molar-refractivity contribution >= 4 is 39.5 Å². The van der Waals surface area contributed by atoms with Crippen LogP contribution in [0.25, 0.3) is 0 Å². The minimum atomic E-state index is -3.71. The molecule has 2 aliphatic heterocycles. The minimum Gasteiger partial charge on any atom is -0.338 e. The molecule has 2 aromatic carbocycles. The summed E-state index contributed by atoms with van der Waals surface area (Å²) in [6.07, 6.45) is 0. The van der Waals surface area contributed by atoms with Crippen LogP contribution in [-0.2, 0) is 25.2 Å². The highest BCUT2D eigenvalue weighted by molar-refractivity contribution is 7.89. The number of nitrogens with zero attached hydrogens (tertiary/aromatic N) is 3. The Balaban J connectivity index is 1.39. The van der Waals surface area contributed by atoms with E-state index in [1.165, 1.54) is 33.5 Å². The lowest BCUT2D eigenvalue weighted by atomic mass is 9.92. The maximum atomic E-state index is 13.0. The molecule has 0 saturated carbocycles. The average molecular weight is 491 g/mol. The van der Waals surface area contributed by atoms with E-state index < -0.39 is 40.0 Å². The second kappa shape index (κ2) is 8.77. The van der Waals surface area contributed by atoms with E-state index in [1.807, 2.05) is 6.07 Å². The highest BCUT2D eigenvalue weighted by Crippen LogP contribution is 2.28. The van der Waals surface area contributed by atoms with Gasteiger partial charge in [0.1, 0.15) is 12.1 Å². The van der Waals surface area contributed by atoms with Crippen LogP contribution in [0, 0.1) is 0 Å². The number of halogens is 1. The van der Waals surface area contributed by atoms with E-state index in [0.29, 0.717) is 10.6 Å². The summed E-state index contributed by atoms with van der Waals surface area (Å²) in [5.41, 5.74) is -0.622. The topological polar surface area (TPSA) is 107 Å². The molecular weight excluding hydrogens is 468 g/mol. The Hall–Kier alpha value is -2.95. The fourth-order valence-corrected chi connectivity index (χ4v) is 5.52. The number of nitrogens with one attached hydrogen (secondary N) is 1. The fourth-order valence-electron chi connectivity index (χ4n) is 3.98. The summed E-state index contributed by atoms with van der Waals surface area (Å²) in [5, 5.41) is 3.11. The van der Waals surface area contributed by atoms with Crippen LogP contribution < -0.4 is 5.32 Å². The van der Waals surface area contributed by atoms with Crippen molar-refractivity contribution in [3.63, 3.8) is 0 Å². The van der Waals surface area contributed by atoms with Gasteiger partial charge < -0.3 is 10.2 Å². The second-order valence-corrected chi connectivity index (χ2v) is 10.4. The molecule has 11 heteroatoms. The Labute approximate surface area is 197 Å². The molecule has 0 aromatic heterocycles. The van der Waals surface area contributed by atoms with E-state index in [2.05, 4.69) is 5.32 Å². The zero-order valence-corrected chi connectivity index (χ0v) is 19.5. The van der Waals surface area contributed by atoms with Gasteiger partial charge in [-0.25, -0.2) is 13.2 Å². The zero-order valence-electron chi connectivity index (χ0n) is 17.9. The van der Waals surface area contributed by atoms with Gasteiger partial charge in [-0.3, -0.25) is 14.5 Å². The molecule has 0 radical (unpaired) electrons. The second-order valence-electron chi connectivity index (χ2n) is 8.05. The van der Waals surface area contributed by atoms with E-state index in [1.54, 1.807) is 31.2 Å². The fraction of sp³-hybridized carbons (Fsp3) is 0.318. The number of imide groups is 1. The number of hydrogen-bond acceptors (Lipinski definition) is 5. The summed E-state index contributed by atoms with van der Waals surface area (Å²) < 4.78 is 26.9. The lowest BCUT2D eigenvalue weighted by Crippen LogP contribution is -2.53. The van der Waals surface area contributed by atoms with Crippen LogP contribution in [0.4, 0.5) is 4.79 Å². The summed E-state index contributed by atoms with van der Waals surface area (Å²) >= 11 is 5.84. The molecule has 2 fully saturated rings. The molecule has 0 aliphatic carbocycles. The normalized spacial score (nSPS) is 21.9. The molecule has 2 aliphatic rings. The average Bonchev–Trinajstić information content (AvgIpc) is 3.04. The summed E-state index contributed by atoms with van der Waals surface area (Å²) in [6.45, 7) is 1.73. The predicted octanol–water partition coefficient (Wildman–Crippen LogP) is 1.64. The van der Waals surface area contributed by atoms with Gasteiger partial charge in [-0.1, -0.05) is 41.9 Å². The van der Waals surface area contributed by atoms with Gasteiger partial charge >= 0.3 is 6.03 Å². The van der Waals surface area contributed by atoms with Crippen molar-refractivity contribution in [2.75, 3.05) is 32.7 Å². The van der Waals surface area contributed by atoms with Crippen LogP contribution in [0.15, 0.2) is 59.5 Å². The summed E-state index contributed by atoms with van der Waals surface area (Å²) in [5.74, 6) is -0.921. The molecule has 9 nitrogen and oxygen atoms in total. The smallest absolute Gasteiger partial charge is 0.325 e. The SMILES string of the molecule is C[C@@]1(c2ccccc2)NC(=O)N(CC(=O)N2CCN(S(=O)(=O)c3ccc(Cl)cc3)CC2)C1=O. The molecule has 0 spiro atoms. The molecule has 2 saturated heterocycles. The molecule has 4 amide bonds. The quantitative estimate of drug-likeness (QED) is 0.641. The van der Waals surface area contributed by atoms with Crippen LogP contribution in [-0.4, -0.2) is 73.1 Å². The first-order valence-corrected chi connectivity index (χ1v) is 12.2. The van der Waals surface area contributed by atoms with E-state index in [0.717, 1.165) is 4.90 Å². The lowest BCUT2D eigenvalue weighted by Gasteiger charge is -2.34. The van der Waals surface area contributed by atoms with Crippen molar-refractivity contribution in [1.29, 1.82) is 0 Å². The maximum Gasteiger partial charge on any atom is 0.325 e. The number of urea groups is 1. The van der Waals surface area contributed by atoms with Gasteiger partial charge in [0.15, 0.2) is 0 Å². The van der Waals surface area contributed by atoms with Gasteiger partial charge in [-0.05, 0) is 36.8 Å². The summed E-state index contributed by atoms with van der Waals surface area (Å²) in [4.78, 5) is 40.8. The minimum absolute atomic E-state index is 0.110. The Morgan fingerprint density at radius 2 is 1.61 bits per heavy atom. The van der Waals surface area contributed by atoms with E-state index in [4.69, 9.17) is 11.6 Å². The van der Waals surface area contributed by atoms with Crippen LogP contribution in [0.3, 0.4) is 0 Å². The highest BCUT2D eigenvalue weighted by Gasteiger charge is 2.49. The zero-order chi connectivity index (χ0) is 23.8. The van der Waals surface area contributed by atoms with Gasteiger partial charge in [-0.15, -0.1) is 0 Å². The molecule has 0 bridgehead atoms. The van der Waals surface area contributed by atoms with E-state index >= 15 is 0 Å². The summed E-state index contributed by atoms with van der Waals surface area (Å²) in [7, 11) is -3.71. The molecule has 33 heavy (non-hydrogen) atoms. The predicted molar refractivity (Wildman–Crippen MR) is 121 cm³/mol. The van der Waals surface area contributed by atoms with Gasteiger partial charge in [0.05, 0.1) is 4.90 Å². The molecule has 0 unspecified atom stereocenters. The molecule has 2 aromatic rings. The third kappa shape index (κ3) is 4.33. The van der Waals surface area contributed by atoms with Crippen molar-refractivity contribution in [3.8, 4) is 0 Å². The largest absolute Gasteiger partial charge is 0.338 e. The Morgan fingerprint density at radius 1 is 1.00 bits per heavy atom. The number of sulfonamides is 1. The number of carbonyl (C=O) groups excluding carboxylic acids is 3. The molecular formula is C22H23ClN4O5S. The first kappa shape index (κ1) is 23.2. The van der Waals surface area contributed by atoms with Crippen molar-refractivity contribution in [3.05, 3.63) is 65.2 Å². The van der Waals surface area contributed by atoms with Gasteiger partial charge in [0, 0.05) is 31.2 Å². The Bertz CT molecular complexity index is 1180. The molecule has 1 N–H and O–H groups in total. The van der Waals surface area contributed by atoms with Gasteiger partial charge in [-0.2, -0.15) is 4.31 Å². The lowest BCUT2D eigenvalue weighted by molar-refractivity contribution is -0.139. The highest BCUT2D eigenvalue weighted by atomic mass is 35.5. The number of carbonyl (C=O) groups is 3. The number of rotatable bonds is 5. The Kier molecular flexibility index (Phi) is 6.17. The monoisotopic (exact) mass is 490 g/mol. The first-order chi connectivity index (χ1) is 15.6. The number of hydrogen-bond donors (Lipinski definition) is 1. The maximum absolute atomic E-state index is 13.0. The van der Waals surface area contributed by atoms with Crippen LogP contribution in [0.5, 0.6) is 0 Å². The molecule has 4 rings (SSSR count). The standard InChI is InChI=1S/C22H23ClN4O5S/c1-22(16-5-3-2-4-6-16)20(29)27(21(30)24-22)15-19(28)25-11-13-26(14-12-25)33(31,32)18-9-7-17(23)8-10-18/h2-10H,11-15H2,1H3,(H,24,30)/t22-/m0/s1. The summed E-state index contributed by atoms with van der Waals surface area (Å²) in [6, 6.07) is 14.1. The van der Waals surface area contributed by atoms with Crippen molar-refractivity contribution in [1.82, 2.24) is 19.4 Å². The van der Waals surface area contributed by atoms with E-state index in [9.17, 15) is 22.8 Å². The Morgan fingerprint density at radius 3 is 2.21 bits per heavy atom. The number of piperazine rings is 1. The molecule has 1 atom stereocenters.